The fourth-order valence-electron chi connectivity index (χ4n) is 3.46. The van der Waals surface area contributed by atoms with Gasteiger partial charge in [-0.15, -0.1) is 0 Å². The van der Waals surface area contributed by atoms with Crippen LogP contribution in [-0.2, 0) is 6.54 Å². The molecule has 3 aromatic rings. The number of amides is 1. The van der Waals surface area contributed by atoms with Crippen LogP contribution in [0.2, 0.25) is 5.02 Å². The van der Waals surface area contributed by atoms with Gasteiger partial charge in [-0.3, -0.25) is 4.79 Å². The zero-order chi connectivity index (χ0) is 19.0. The summed E-state index contributed by atoms with van der Waals surface area (Å²) in [7, 11) is 1.61. The minimum atomic E-state index is -0.533. The average molecular weight is 386 g/mol. The van der Waals surface area contributed by atoms with Crippen LogP contribution in [0.3, 0.4) is 0 Å². The second-order valence-corrected chi connectivity index (χ2v) is 6.88. The lowest BCUT2D eigenvalue weighted by Crippen LogP contribution is -2.38. The molecule has 5 nitrogen and oxygen atoms in total. The molecule has 0 bridgehead atoms. The predicted octanol–water partition coefficient (Wildman–Crippen LogP) is 4.00. The number of fused-ring (bicyclic) bond motifs is 1. The molecule has 4 rings (SSSR count). The number of benzene rings is 2. The van der Waals surface area contributed by atoms with Crippen molar-refractivity contribution in [2.24, 2.45) is 0 Å². The van der Waals surface area contributed by atoms with Gasteiger partial charge in [0.15, 0.2) is 0 Å². The van der Waals surface area contributed by atoms with Gasteiger partial charge in [0.1, 0.15) is 11.6 Å². The first-order valence-corrected chi connectivity index (χ1v) is 8.84. The van der Waals surface area contributed by atoms with Gasteiger partial charge in [-0.05, 0) is 35.9 Å². The molecule has 1 aliphatic heterocycles. The Morgan fingerprint density at radius 1 is 1.33 bits per heavy atom. The maximum Gasteiger partial charge on any atom is 0.254 e. The Balaban J connectivity index is 1.69. The molecule has 2 aromatic carbocycles. The van der Waals surface area contributed by atoms with E-state index in [1.54, 1.807) is 18.3 Å². The smallest absolute Gasteiger partial charge is 0.254 e. The number of H-pyrrole nitrogens is 1. The first kappa shape index (κ1) is 17.5. The van der Waals surface area contributed by atoms with Gasteiger partial charge >= 0.3 is 0 Å². The van der Waals surface area contributed by atoms with Crippen LogP contribution < -0.4 is 4.74 Å². The van der Waals surface area contributed by atoms with Crippen molar-refractivity contribution in [1.82, 2.24) is 14.9 Å². The first-order valence-electron chi connectivity index (χ1n) is 8.46. The number of aromatic amines is 1. The molecule has 138 valence electrons. The number of nitrogens with zero attached hydrogens (tertiary/aromatic N) is 2. The van der Waals surface area contributed by atoms with Crippen LogP contribution in [0.4, 0.5) is 4.39 Å². The van der Waals surface area contributed by atoms with E-state index in [1.807, 2.05) is 24.3 Å². The van der Waals surface area contributed by atoms with Crippen LogP contribution in [0.1, 0.15) is 33.2 Å². The van der Waals surface area contributed by atoms with Gasteiger partial charge < -0.3 is 14.6 Å². The quantitative estimate of drug-likeness (QED) is 0.741. The second-order valence-electron chi connectivity index (χ2n) is 6.44. The van der Waals surface area contributed by atoms with E-state index in [-0.39, 0.29) is 22.4 Å². The van der Waals surface area contributed by atoms with Gasteiger partial charge in [0, 0.05) is 23.0 Å². The van der Waals surface area contributed by atoms with Crippen LogP contribution in [-0.4, -0.2) is 34.4 Å². The third-order valence-corrected chi connectivity index (χ3v) is 4.94. The van der Waals surface area contributed by atoms with Gasteiger partial charge in [-0.25, -0.2) is 9.37 Å². The molecule has 1 unspecified atom stereocenters. The van der Waals surface area contributed by atoms with Crippen molar-refractivity contribution in [3.63, 3.8) is 0 Å². The van der Waals surface area contributed by atoms with E-state index >= 15 is 0 Å². The fourth-order valence-corrected chi connectivity index (χ4v) is 3.68. The van der Waals surface area contributed by atoms with Crippen molar-refractivity contribution in [1.29, 1.82) is 0 Å². The van der Waals surface area contributed by atoms with E-state index < -0.39 is 5.82 Å². The fraction of sp³-hybridized carbons (Fsp3) is 0.200. The summed E-state index contributed by atoms with van der Waals surface area (Å²) in [6.45, 7) is 0.806. The molecular formula is C20H17ClFN3O2. The summed E-state index contributed by atoms with van der Waals surface area (Å²) >= 11 is 5.91. The number of hydrogen-bond acceptors (Lipinski definition) is 3. The summed E-state index contributed by atoms with van der Waals surface area (Å²) < 4.78 is 19.0. The van der Waals surface area contributed by atoms with Crippen LogP contribution in [0, 0.1) is 5.82 Å². The number of hydrogen-bond donors (Lipinski definition) is 1. The highest BCUT2D eigenvalue weighted by Crippen LogP contribution is 2.33. The maximum absolute atomic E-state index is 13.7. The SMILES string of the molecule is COc1cccc(C2CN(C(=O)c3cc(F)cc(Cl)c3)Cc3[nH]cnc32)c1. The average Bonchev–Trinajstić information content (AvgIpc) is 3.14. The number of carbonyl (C=O) groups excluding carboxylic acids is 1. The Morgan fingerprint density at radius 3 is 2.96 bits per heavy atom. The molecule has 1 amide bonds. The van der Waals surface area contributed by atoms with E-state index in [9.17, 15) is 9.18 Å². The Bertz CT molecular complexity index is 984. The lowest BCUT2D eigenvalue weighted by molar-refractivity contribution is 0.0721. The van der Waals surface area contributed by atoms with Crippen LogP contribution in [0.25, 0.3) is 0 Å². The summed E-state index contributed by atoms with van der Waals surface area (Å²) in [4.78, 5) is 22.2. The number of carbonyl (C=O) groups is 1. The lowest BCUT2D eigenvalue weighted by Gasteiger charge is -2.32. The zero-order valence-electron chi connectivity index (χ0n) is 14.6. The molecule has 2 heterocycles. The lowest BCUT2D eigenvalue weighted by atomic mass is 9.90. The molecule has 0 fully saturated rings. The molecule has 1 N–H and O–H groups in total. The zero-order valence-corrected chi connectivity index (χ0v) is 15.3. The van der Waals surface area contributed by atoms with Crippen molar-refractivity contribution in [2.75, 3.05) is 13.7 Å². The van der Waals surface area contributed by atoms with Gasteiger partial charge in [-0.2, -0.15) is 0 Å². The maximum atomic E-state index is 13.7. The number of halogens is 2. The normalized spacial score (nSPS) is 16.1. The number of methoxy groups -OCH3 is 1. The number of aromatic nitrogens is 2. The highest BCUT2D eigenvalue weighted by molar-refractivity contribution is 6.31. The molecule has 0 saturated carbocycles. The van der Waals surface area contributed by atoms with Gasteiger partial charge in [0.05, 0.1) is 31.4 Å². The van der Waals surface area contributed by atoms with Crippen LogP contribution in [0.15, 0.2) is 48.8 Å². The van der Waals surface area contributed by atoms with Crippen molar-refractivity contribution in [2.45, 2.75) is 12.5 Å². The summed E-state index contributed by atoms with van der Waals surface area (Å²) in [6, 6.07) is 11.6. The Labute approximate surface area is 160 Å². The summed E-state index contributed by atoms with van der Waals surface area (Å²) in [5, 5.41) is 0.196. The monoisotopic (exact) mass is 385 g/mol. The molecule has 0 saturated heterocycles. The molecule has 0 aliphatic carbocycles. The molecule has 1 aromatic heterocycles. The van der Waals surface area contributed by atoms with Gasteiger partial charge in [0.25, 0.3) is 5.91 Å². The Hall–Kier alpha value is -2.86. The number of nitrogens with one attached hydrogen (secondary N) is 1. The number of imidazole rings is 1. The van der Waals surface area contributed by atoms with E-state index in [0.717, 1.165) is 22.7 Å². The molecule has 27 heavy (non-hydrogen) atoms. The third-order valence-electron chi connectivity index (χ3n) is 4.73. The summed E-state index contributed by atoms with van der Waals surface area (Å²) in [5.74, 6) is -0.174. The highest BCUT2D eigenvalue weighted by atomic mass is 35.5. The van der Waals surface area contributed by atoms with E-state index in [1.165, 1.54) is 18.2 Å². The Morgan fingerprint density at radius 2 is 2.19 bits per heavy atom. The minimum absolute atomic E-state index is 0.108. The summed E-state index contributed by atoms with van der Waals surface area (Å²) in [5.41, 5.74) is 3.00. The van der Waals surface area contributed by atoms with Crippen molar-refractivity contribution >= 4 is 17.5 Å². The standard InChI is InChI=1S/C20H17ClFN3O2/c1-27-16-4-2-3-12(7-16)17-9-25(10-18-19(17)24-11-23-18)20(26)13-5-14(21)8-15(22)6-13/h2-8,11,17H,9-10H2,1H3,(H,23,24). The largest absolute Gasteiger partial charge is 0.497 e. The second kappa shape index (κ2) is 7.04. The van der Waals surface area contributed by atoms with Crippen molar-refractivity contribution in [3.05, 3.63) is 82.1 Å². The molecule has 1 aliphatic rings. The van der Waals surface area contributed by atoms with E-state index in [0.29, 0.717) is 13.1 Å². The van der Waals surface area contributed by atoms with E-state index in [2.05, 4.69) is 9.97 Å². The van der Waals surface area contributed by atoms with Crippen molar-refractivity contribution < 1.29 is 13.9 Å². The molecule has 7 heteroatoms. The molecule has 0 spiro atoms. The Kier molecular flexibility index (Phi) is 4.58. The van der Waals surface area contributed by atoms with E-state index in [4.69, 9.17) is 16.3 Å². The van der Waals surface area contributed by atoms with Crippen LogP contribution >= 0.6 is 11.6 Å². The van der Waals surface area contributed by atoms with Gasteiger partial charge in [0.2, 0.25) is 0 Å². The molecular weight excluding hydrogens is 369 g/mol. The van der Waals surface area contributed by atoms with Crippen LogP contribution in [0.5, 0.6) is 5.75 Å². The number of rotatable bonds is 3. The first-order chi connectivity index (χ1) is 13.0. The summed E-state index contributed by atoms with van der Waals surface area (Å²) in [6.07, 6.45) is 1.63. The number of ether oxygens (including phenoxy) is 1. The molecule has 1 atom stereocenters. The van der Waals surface area contributed by atoms with Crippen molar-refractivity contribution in [3.8, 4) is 5.75 Å². The third kappa shape index (κ3) is 3.40. The highest BCUT2D eigenvalue weighted by Gasteiger charge is 2.32. The van der Waals surface area contributed by atoms with Gasteiger partial charge in [-0.1, -0.05) is 23.7 Å². The molecule has 0 radical (unpaired) electrons. The minimum Gasteiger partial charge on any atom is -0.497 e. The predicted molar refractivity (Wildman–Crippen MR) is 99.6 cm³/mol. The topological polar surface area (TPSA) is 58.2 Å².